The largest absolute Gasteiger partial charge is 0.497 e. The molecule has 0 fully saturated rings. The van der Waals surface area contributed by atoms with E-state index in [4.69, 9.17) is 13.9 Å². The molecule has 0 saturated carbocycles. The third-order valence-corrected chi connectivity index (χ3v) is 7.45. The maximum absolute atomic E-state index is 13.8. The molecular formula is C29H25N3O7S. The van der Waals surface area contributed by atoms with E-state index in [9.17, 15) is 19.7 Å². The van der Waals surface area contributed by atoms with Crippen molar-refractivity contribution in [2.24, 2.45) is 4.99 Å². The summed E-state index contributed by atoms with van der Waals surface area (Å²) < 4.78 is 18.3. The molecular weight excluding hydrogens is 534 g/mol. The molecule has 0 bridgehead atoms. The van der Waals surface area contributed by atoms with Gasteiger partial charge in [-0.25, -0.2) is 9.79 Å². The highest BCUT2D eigenvalue weighted by molar-refractivity contribution is 7.07. The first-order valence-corrected chi connectivity index (χ1v) is 13.2. The minimum Gasteiger partial charge on any atom is -0.497 e. The first-order chi connectivity index (χ1) is 19.2. The van der Waals surface area contributed by atoms with Crippen LogP contribution in [0, 0.1) is 17.0 Å². The number of aryl methyl sites for hydroxylation is 1. The molecule has 0 N–H and O–H groups in total. The highest BCUT2D eigenvalue weighted by atomic mass is 32.1. The number of hydrogen-bond donors (Lipinski definition) is 0. The topological polar surface area (TPSA) is 126 Å². The van der Waals surface area contributed by atoms with Crippen LogP contribution in [0.3, 0.4) is 0 Å². The summed E-state index contributed by atoms with van der Waals surface area (Å²) in [6.45, 7) is 5.38. The van der Waals surface area contributed by atoms with Gasteiger partial charge < -0.3 is 13.9 Å². The van der Waals surface area contributed by atoms with Gasteiger partial charge in [-0.2, -0.15) is 0 Å². The van der Waals surface area contributed by atoms with Crippen LogP contribution in [-0.2, 0) is 9.53 Å². The lowest BCUT2D eigenvalue weighted by Crippen LogP contribution is -2.39. The summed E-state index contributed by atoms with van der Waals surface area (Å²) in [5, 5.41) is 11.6. The van der Waals surface area contributed by atoms with Gasteiger partial charge in [0.05, 0.1) is 46.0 Å². The quantitative estimate of drug-likeness (QED) is 0.188. The number of carbonyl (C=O) groups is 1. The molecule has 0 radical (unpaired) electrons. The zero-order chi connectivity index (χ0) is 28.6. The summed E-state index contributed by atoms with van der Waals surface area (Å²) in [6.07, 6.45) is 1.57. The van der Waals surface area contributed by atoms with Gasteiger partial charge in [0.2, 0.25) is 0 Å². The maximum atomic E-state index is 13.8. The second kappa shape index (κ2) is 10.8. The van der Waals surface area contributed by atoms with Gasteiger partial charge in [0.25, 0.3) is 11.2 Å². The highest BCUT2D eigenvalue weighted by Gasteiger charge is 2.33. The molecule has 2 aromatic carbocycles. The Morgan fingerprint density at radius 3 is 2.60 bits per heavy atom. The van der Waals surface area contributed by atoms with Crippen molar-refractivity contribution in [1.29, 1.82) is 0 Å². The van der Waals surface area contributed by atoms with Gasteiger partial charge in [0.15, 0.2) is 4.80 Å². The second-order valence-electron chi connectivity index (χ2n) is 9.06. The van der Waals surface area contributed by atoms with Gasteiger partial charge in [-0.3, -0.25) is 19.5 Å². The van der Waals surface area contributed by atoms with Crippen LogP contribution in [0.5, 0.6) is 5.75 Å². The number of esters is 1. The average Bonchev–Trinajstić information content (AvgIpc) is 3.52. The summed E-state index contributed by atoms with van der Waals surface area (Å²) in [7, 11) is 1.56. The number of nitro groups is 1. The lowest BCUT2D eigenvalue weighted by Gasteiger charge is -2.24. The van der Waals surface area contributed by atoms with Gasteiger partial charge >= 0.3 is 5.97 Å². The van der Waals surface area contributed by atoms with Crippen molar-refractivity contribution in [2.75, 3.05) is 13.7 Å². The van der Waals surface area contributed by atoms with Crippen molar-refractivity contribution in [3.8, 4) is 17.1 Å². The lowest BCUT2D eigenvalue weighted by molar-refractivity contribution is -0.384. The molecule has 2 aromatic heterocycles. The van der Waals surface area contributed by atoms with Crippen molar-refractivity contribution >= 4 is 29.1 Å². The van der Waals surface area contributed by atoms with E-state index in [1.165, 1.54) is 10.6 Å². The van der Waals surface area contributed by atoms with Crippen LogP contribution in [0.4, 0.5) is 5.69 Å². The van der Waals surface area contributed by atoms with Crippen molar-refractivity contribution in [2.45, 2.75) is 26.8 Å². The van der Waals surface area contributed by atoms with Crippen LogP contribution in [0.25, 0.3) is 17.4 Å². The van der Waals surface area contributed by atoms with Crippen LogP contribution in [0.15, 0.2) is 80.1 Å². The number of benzene rings is 2. The third kappa shape index (κ3) is 4.87. The fourth-order valence-corrected chi connectivity index (χ4v) is 5.63. The number of fused-ring (bicyclic) bond motifs is 1. The van der Waals surface area contributed by atoms with Crippen molar-refractivity contribution < 1.29 is 23.6 Å². The number of allylic oxidation sites excluding steroid dienone is 1. The molecule has 40 heavy (non-hydrogen) atoms. The van der Waals surface area contributed by atoms with E-state index < -0.39 is 16.9 Å². The zero-order valence-corrected chi connectivity index (χ0v) is 23.0. The van der Waals surface area contributed by atoms with Gasteiger partial charge in [-0.1, -0.05) is 29.5 Å². The number of nitrogens with zero attached hydrogens (tertiary/aromatic N) is 3. The normalized spacial score (nSPS) is 15.0. The molecule has 0 spiro atoms. The standard InChI is InChI=1S/C29H25N3O7S/c1-5-38-28(34)25-17(3)30-29-31(26(25)18-7-9-19(37-4)10-8-18)27(33)24(40-29)15-20-11-13-23(39-20)21-12-6-16(2)14-22(21)32(35)36/h6-15,26H,5H2,1-4H3/b24-15+/t26-/m1/s1. The van der Waals surface area contributed by atoms with Crippen molar-refractivity contribution in [3.63, 3.8) is 0 Å². The summed E-state index contributed by atoms with van der Waals surface area (Å²) in [5.74, 6) is 0.742. The Bertz CT molecular complexity index is 1850. The Morgan fingerprint density at radius 2 is 1.93 bits per heavy atom. The summed E-state index contributed by atoms with van der Waals surface area (Å²) in [6, 6.07) is 14.5. The van der Waals surface area contributed by atoms with Crippen molar-refractivity contribution in [1.82, 2.24) is 4.57 Å². The third-order valence-electron chi connectivity index (χ3n) is 6.46. The van der Waals surface area contributed by atoms with Gasteiger partial charge in [0.1, 0.15) is 17.3 Å². The van der Waals surface area contributed by atoms with Crippen LogP contribution in [0.1, 0.15) is 36.8 Å². The zero-order valence-electron chi connectivity index (χ0n) is 22.2. The van der Waals surface area contributed by atoms with E-state index in [-0.39, 0.29) is 23.4 Å². The SMILES string of the molecule is CCOC(=O)C1=C(C)N=c2s/c(=C/c3ccc(-c4ccc(C)cc4[N+](=O)[O-])o3)c(=O)n2[C@@H]1c1ccc(OC)cc1. The predicted molar refractivity (Wildman–Crippen MR) is 149 cm³/mol. The number of nitro benzene ring substituents is 1. The van der Waals surface area contributed by atoms with E-state index in [1.54, 1.807) is 82.5 Å². The number of methoxy groups -OCH3 is 1. The molecule has 0 unspecified atom stereocenters. The molecule has 1 atom stereocenters. The van der Waals surface area contributed by atoms with E-state index in [0.717, 1.165) is 16.9 Å². The summed E-state index contributed by atoms with van der Waals surface area (Å²) in [4.78, 5) is 42.9. The van der Waals surface area contributed by atoms with E-state index in [1.807, 2.05) is 0 Å². The number of carbonyl (C=O) groups excluding carboxylic acids is 1. The maximum Gasteiger partial charge on any atom is 0.338 e. The minimum atomic E-state index is -0.759. The van der Waals surface area contributed by atoms with Gasteiger partial charge in [0, 0.05) is 12.1 Å². The first-order valence-electron chi connectivity index (χ1n) is 12.4. The minimum absolute atomic E-state index is 0.0678. The Kier molecular flexibility index (Phi) is 7.22. The molecule has 1 aliphatic heterocycles. The molecule has 4 aromatic rings. The molecule has 10 nitrogen and oxygen atoms in total. The number of aromatic nitrogens is 1. The summed E-state index contributed by atoms with van der Waals surface area (Å²) in [5.41, 5.74) is 2.09. The fourth-order valence-electron chi connectivity index (χ4n) is 4.60. The molecule has 1 aliphatic rings. The van der Waals surface area contributed by atoms with E-state index >= 15 is 0 Å². The van der Waals surface area contributed by atoms with Crippen LogP contribution in [0.2, 0.25) is 0 Å². The van der Waals surface area contributed by atoms with Crippen LogP contribution in [-0.4, -0.2) is 29.2 Å². The highest BCUT2D eigenvalue weighted by Crippen LogP contribution is 2.33. The Hall–Kier alpha value is -4.77. The smallest absolute Gasteiger partial charge is 0.338 e. The number of rotatable bonds is 7. The van der Waals surface area contributed by atoms with Crippen LogP contribution < -0.4 is 19.6 Å². The molecule has 204 valence electrons. The second-order valence-corrected chi connectivity index (χ2v) is 10.1. The number of hydrogen-bond acceptors (Lipinski definition) is 9. The first kappa shape index (κ1) is 26.8. The Balaban J connectivity index is 1.63. The monoisotopic (exact) mass is 559 g/mol. The Morgan fingerprint density at radius 1 is 1.18 bits per heavy atom. The predicted octanol–water partition coefficient (Wildman–Crippen LogP) is 4.28. The Labute approximate surface area is 232 Å². The van der Waals surface area contributed by atoms with E-state index in [0.29, 0.717) is 43.4 Å². The molecule has 0 saturated heterocycles. The van der Waals surface area contributed by atoms with Gasteiger partial charge in [-0.15, -0.1) is 0 Å². The molecule has 0 amide bonds. The molecule has 0 aliphatic carbocycles. The van der Waals surface area contributed by atoms with Crippen LogP contribution >= 0.6 is 11.3 Å². The number of furan rings is 1. The molecule has 5 rings (SSSR count). The van der Waals surface area contributed by atoms with E-state index in [2.05, 4.69) is 4.99 Å². The molecule has 11 heteroatoms. The average molecular weight is 560 g/mol. The summed E-state index contributed by atoms with van der Waals surface area (Å²) >= 11 is 1.16. The van der Waals surface area contributed by atoms with Crippen molar-refractivity contribution in [3.05, 3.63) is 113 Å². The van der Waals surface area contributed by atoms with Gasteiger partial charge in [-0.05, 0) is 62.2 Å². The number of ether oxygens (including phenoxy) is 2. The fraction of sp³-hybridized carbons (Fsp3) is 0.207. The molecule has 3 heterocycles. The number of thiazole rings is 1. The lowest BCUT2D eigenvalue weighted by atomic mass is 9.96.